The minimum absolute atomic E-state index is 0.220. The number of hydrogen-bond donors (Lipinski definition) is 1. The van der Waals surface area contributed by atoms with E-state index in [9.17, 15) is 4.39 Å². The molecule has 17 heavy (non-hydrogen) atoms. The Labute approximate surface area is 115 Å². The molecule has 1 N–H and O–H groups in total. The van der Waals surface area contributed by atoms with Gasteiger partial charge in [0.15, 0.2) is 0 Å². The van der Waals surface area contributed by atoms with Gasteiger partial charge < -0.3 is 5.32 Å². The molecular weight excluding hydrogens is 301 g/mol. The molecule has 1 unspecified atom stereocenters. The van der Waals surface area contributed by atoms with Gasteiger partial charge >= 0.3 is 0 Å². The van der Waals surface area contributed by atoms with Crippen molar-refractivity contribution in [1.29, 1.82) is 0 Å². The Morgan fingerprint density at radius 1 is 1.59 bits per heavy atom. The maximum atomic E-state index is 13.1. The number of hydrogen-bond acceptors (Lipinski definition) is 2. The predicted molar refractivity (Wildman–Crippen MR) is 78.0 cm³/mol. The van der Waals surface area contributed by atoms with Gasteiger partial charge in [0.05, 0.1) is 4.47 Å². The van der Waals surface area contributed by atoms with Crippen LogP contribution in [0.5, 0.6) is 0 Å². The molecule has 0 aromatic heterocycles. The van der Waals surface area contributed by atoms with Crippen molar-refractivity contribution < 1.29 is 4.39 Å². The summed E-state index contributed by atoms with van der Waals surface area (Å²) in [6.07, 6.45) is 1.91. The number of nitrogens with one attached hydrogen (secondary N) is 1. The molecule has 1 atom stereocenters. The third kappa shape index (κ3) is 5.23. The van der Waals surface area contributed by atoms with Crippen LogP contribution in [0.15, 0.2) is 35.3 Å². The minimum Gasteiger partial charge on any atom is -0.309 e. The fourth-order valence-corrected chi connectivity index (χ4v) is 2.41. The Hall–Kier alpha value is -0.320. The molecule has 0 aliphatic heterocycles. The first-order valence-electron chi connectivity index (χ1n) is 5.52. The highest BCUT2D eigenvalue weighted by atomic mass is 79.9. The lowest BCUT2D eigenvalue weighted by atomic mass is 10.1. The van der Waals surface area contributed by atoms with E-state index >= 15 is 0 Å². The van der Waals surface area contributed by atoms with Gasteiger partial charge in [0.25, 0.3) is 0 Å². The molecule has 0 aliphatic carbocycles. The van der Waals surface area contributed by atoms with E-state index in [0.29, 0.717) is 4.47 Å². The van der Waals surface area contributed by atoms with Crippen molar-refractivity contribution in [3.05, 3.63) is 46.7 Å². The summed E-state index contributed by atoms with van der Waals surface area (Å²) >= 11 is 5.04. The van der Waals surface area contributed by atoms with Crippen LogP contribution in [-0.2, 0) is 0 Å². The monoisotopic (exact) mass is 317 g/mol. The van der Waals surface area contributed by atoms with Crippen molar-refractivity contribution in [3.8, 4) is 0 Å². The zero-order chi connectivity index (χ0) is 12.7. The number of benzene rings is 1. The molecule has 4 heteroatoms. The molecule has 0 radical (unpaired) electrons. The van der Waals surface area contributed by atoms with E-state index in [4.69, 9.17) is 0 Å². The summed E-state index contributed by atoms with van der Waals surface area (Å²) in [5.41, 5.74) is 1.09. The van der Waals surface area contributed by atoms with Crippen molar-refractivity contribution in [2.24, 2.45) is 0 Å². The van der Waals surface area contributed by atoms with E-state index in [2.05, 4.69) is 34.7 Å². The lowest BCUT2D eigenvalue weighted by molar-refractivity contribution is 0.592. The van der Waals surface area contributed by atoms with Crippen LogP contribution in [0.25, 0.3) is 0 Å². The summed E-state index contributed by atoms with van der Waals surface area (Å²) in [4.78, 5) is 0. The third-order valence-electron chi connectivity index (χ3n) is 2.38. The maximum absolute atomic E-state index is 13.1. The highest BCUT2D eigenvalue weighted by Crippen LogP contribution is 2.21. The van der Waals surface area contributed by atoms with Crippen LogP contribution in [0.2, 0.25) is 0 Å². The molecule has 1 nitrogen and oxygen atoms in total. The molecule has 0 bridgehead atoms. The summed E-state index contributed by atoms with van der Waals surface area (Å²) in [5.74, 6) is 1.82. The second-order valence-corrected chi connectivity index (χ2v) is 5.72. The Morgan fingerprint density at radius 3 is 3.00 bits per heavy atom. The average molecular weight is 318 g/mol. The molecule has 0 spiro atoms. The van der Waals surface area contributed by atoms with E-state index in [1.807, 2.05) is 30.0 Å². The smallest absolute Gasteiger partial charge is 0.137 e. The molecule has 0 heterocycles. The van der Waals surface area contributed by atoms with Gasteiger partial charge in [-0.2, -0.15) is 11.8 Å². The quantitative estimate of drug-likeness (QED) is 0.598. The summed E-state index contributed by atoms with van der Waals surface area (Å²) in [6, 6.07) is 5.36. The Bertz CT molecular complexity index is 370. The normalized spacial score (nSPS) is 12.4. The lowest BCUT2D eigenvalue weighted by Crippen LogP contribution is -2.21. The van der Waals surface area contributed by atoms with E-state index in [0.717, 1.165) is 23.6 Å². The van der Waals surface area contributed by atoms with E-state index < -0.39 is 0 Å². The van der Waals surface area contributed by atoms with Crippen molar-refractivity contribution in [3.63, 3.8) is 0 Å². The molecular formula is C13H17BrFNS. The highest BCUT2D eigenvalue weighted by molar-refractivity contribution is 9.10. The van der Waals surface area contributed by atoms with Crippen LogP contribution in [0.1, 0.15) is 18.5 Å². The summed E-state index contributed by atoms with van der Waals surface area (Å²) < 4.78 is 13.6. The number of halogens is 2. The molecule has 0 aliphatic rings. The molecule has 94 valence electrons. The first-order valence-corrected chi connectivity index (χ1v) is 7.47. The van der Waals surface area contributed by atoms with Gasteiger partial charge in [0.1, 0.15) is 5.82 Å². The topological polar surface area (TPSA) is 12.0 Å². The number of rotatable bonds is 7. The van der Waals surface area contributed by atoms with Gasteiger partial charge in [-0.3, -0.25) is 0 Å². The fourth-order valence-electron chi connectivity index (χ4n) is 1.41. The van der Waals surface area contributed by atoms with Crippen molar-refractivity contribution >= 4 is 27.7 Å². The van der Waals surface area contributed by atoms with Gasteiger partial charge in [-0.25, -0.2) is 4.39 Å². The van der Waals surface area contributed by atoms with Gasteiger partial charge in [-0.1, -0.05) is 12.1 Å². The Morgan fingerprint density at radius 2 is 2.35 bits per heavy atom. The predicted octanol–water partition coefficient (Wildman–Crippen LogP) is 4.16. The average Bonchev–Trinajstić information content (AvgIpc) is 2.32. The van der Waals surface area contributed by atoms with Crippen LogP contribution in [0, 0.1) is 5.82 Å². The fraction of sp³-hybridized carbons (Fsp3) is 0.385. The molecule has 1 aromatic rings. The van der Waals surface area contributed by atoms with E-state index in [1.54, 1.807) is 0 Å². The summed E-state index contributed by atoms with van der Waals surface area (Å²) in [7, 11) is 0. The second kappa shape index (κ2) is 7.90. The highest BCUT2D eigenvalue weighted by Gasteiger charge is 2.06. The molecule has 0 amide bonds. The molecule has 1 rings (SSSR count). The van der Waals surface area contributed by atoms with Crippen LogP contribution < -0.4 is 5.32 Å². The molecule has 0 saturated carbocycles. The summed E-state index contributed by atoms with van der Waals surface area (Å²) in [6.45, 7) is 6.70. The van der Waals surface area contributed by atoms with Gasteiger partial charge in [-0.15, -0.1) is 6.58 Å². The largest absolute Gasteiger partial charge is 0.309 e. The van der Waals surface area contributed by atoms with Crippen molar-refractivity contribution in [2.45, 2.75) is 13.0 Å². The van der Waals surface area contributed by atoms with E-state index in [-0.39, 0.29) is 11.9 Å². The summed E-state index contributed by atoms with van der Waals surface area (Å²) in [5, 5.41) is 3.41. The van der Waals surface area contributed by atoms with Crippen LogP contribution in [-0.4, -0.2) is 18.1 Å². The first-order chi connectivity index (χ1) is 8.15. The van der Waals surface area contributed by atoms with Crippen LogP contribution >= 0.6 is 27.7 Å². The van der Waals surface area contributed by atoms with Gasteiger partial charge in [0, 0.05) is 24.1 Å². The lowest BCUT2D eigenvalue weighted by Gasteiger charge is -2.14. The van der Waals surface area contributed by atoms with Crippen LogP contribution in [0.3, 0.4) is 0 Å². The Balaban J connectivity index is 2.38. The Kier molecular flexibility index (Phi) is 6.85. The maximum Gasteiger partial charge on any atom is 0.137 e. The zero-order valence-electron chi connectivity index (χ0n) is 9.88. The van der Waals surface area contributed by atoms with E-state index in [1.165, 1.54) is 6.07 Å². The van der Waals surface area contributed by atoms with Crippen LogP contribution in [0.4, 0.5) is 4.39 Å². The molecule has 0 saturated heterocycles. The standard InChI is InChI=1S/C13H17BrFNS/c1-3-7-17-8-6-16-10(2)11-4-5-13(15)12(14)9-11/h3-5,9-10,16H,1,6-8H2,2H3. The van der Waals surface area contributed by atoms with Crippen molar-refractivity contribution in [2.75, 3.05) is 18.1 Å². The van der Waals surface area contributed by atoms with Crippen molar-refractivity contribution in [1.82, 2.24) is 5.32 Å². The van der Waals surface area contributed by atoms with Gasteiger partial charge in [-0.05, 0) is 40.5 Å². The molecule has 1 aromatic carbocycles. The molecule has 0 fully saturated rings. The zero-order valence-corrected chi connectivity index (χ0v) is 12.3. The minimum atomic E-state index is -0.220. The SMILES string of the molecule is C=CCSCCNC(C)c1ccc(F)c(Br)c1. The third-order valence-corrected chi connectivity index (χ3v) is 3.95. The van der Waals surface area contributed by atoms with Gasteiger partial charge in [0.2, 0.25) is 0 Å². The first kappa shape index (κ1) is 14.7. The number of thioether (sulfide) groups is 1. The second-order valence-electron chi connectivity index (χ2n) is 3.71.